The standard InChI is InChI=1S/C13H24N4O2/c1-9-7-17(8-10(9)16(2)3)12(18)13(5-4-6-13)11(14)15-19/h9-10,19H,4-8H2,1-3H3,(H2,14,15). The van der Waals surface area contributed by atoms with Crippen LogP contribution in [0.3, 0.4) is 0 Å². The molecule has 6 heteroatoms. The average Bonchev–Trinajstić information content (AvgIpc) is 2.69. The lowest BCUT2D eigenvalue weighted by atomic mass is 9.67. The van der Waals surface area contributed by atoms with Gasteiger partial charge in [-0.15, -0.1) is 0 Å². The molecular weight excluding hydrogens is 244 g/mol. The van der Waals surface area contributed by atoms with Crippen LogP contribution in [-0.2, 0) is 4.79 Å². The lowest BCUT2D eigenvalue weighted by Gasteiger charge is -2.41. The van der Waals surface area contributed by atoms with Crippen LogP contribution >= 0.6 is 0 Å². The molecule has 0 aromatic rings. The maximum atomic E-state index is 12.7. The number of carbonyl (C=O) groups is 1. The van der Waals surface area contributed by atoms with Crippen LogP contribution in [0.5, 0.6) is 0 Å². The van der Waals surface area contributed by atoms with Crippen molar-refractivity contribution in [1.82, 2.24) is 9.80 Å². The molecule has 6 nitrogen and oxygen atoms in total. The second-order valence-corrected chi connectivity index (χ2v) is 6.14. The molecule has 1 heterocycles. The van der Waals surface area contributed by atoms with Gasteiger partial charge >= 0.3 is 0 Å². The molecule has 2 unspecified atom stereocenters. The van der Waals surface area contributed by atoms with Gasteiger partial charge in [-0.1, -0.05) is 18.5 Å². The minimum Gasteiger partial charge on any atom is -0.409 e. The molecule has 2 atom stereocenters. The fraction of sp³-hybridized carbons (Fsp3) is 0.846. The summed E-state index contributed by atoms with van der Waals surface area (Å²) in [6.07, 6.45) is 2.35. The third kappa shape index (κ3) is 2.18. The van der Waals surface area contributed by atoms with Crippen LogP contribution in [0.2, 0.25) is 0 Å². The Morgan fingerprint density at radius 3 is 2.42 bits per heavy atom. The first-order valence-corrected chi connectivity index (χ1v) is 6.86. The van der Waals surface area contributed by atoms with Crippen molar-refractivity contribution in [3.63, 3.8) is 0 Å². The Balaban J connectivity index is 2.13. The van der Waals surface area contributed by atoms with Gasteiger partial charge in [0.1, 0.15) is 5.41 Å². The summed E-state index contributed by atoms with van der Waals surface area (Å²) < 4.78 is 0. The number of likely N-dealkylation sites (N-methyl/N-ethyl adjacent to an activating group) is 1. The van der Waals surface area contributed by atoms with Crippen LogP contribution in [0.1, 0.15) is 26.2 Å². The average molecular weight is 268 g/mol. The van der Waals surface area contributed by atoms with E-state index in [1.807, 2.05) is 19.0 Å². The molecule has 1 saturated heterocycles. The Kier molecular flexibility index (Phi) is 3.71. The second kappa shape index (κ2) is 5.00. The molecule has 1 aliphatic heterocycles. The summed E-state index contributed by atoms with van der Waals surface area (Å²) in [4.78, 5) is 16.7. The molecule has 0 spiro atoms. The molecule has 0 radical (unpaired) electrons. The number of oxime groups is 1. The van der Waals surface area contributed by atoms with E-state index in [9.17, 15) is 4.79 Å². The van der Waals surface area contributed by atoms with Crippen LogP contribution < -0.4 is 5.73 Å². The zero-order valence-electron chi connectivity index (χ0n) is 12.0. The first kappa shape index (κ1) is 14.1. The fourth-order valence-electron chi connectivity index (χ4n) is 3.30. The van der Waals surface area contributed by atoms with Gasteiger partial charge in [-0.05, 0) is 32.9 Å². The predicted octanol–water partition coefficient (Wildman–Crippen LogP) is 0.312. The Morgan fingerprint density at radius 1 is 1.42 bits per heavy atom. The molecule has 2 fully saturated rings. The van der Waals surface area contributed by atoms with E-state index in [1.54, 1.807) is 0 Å². The highest BCUT2D eigenvalue weighted by Gasteiger charge is 2.52. The van der Waals surface area contributed by atoms with E-state index < -0.39 is 5.41 Å². The number of likely N-dealkylation sites (tertiary alicyclic amines) is 1. The quantitative estimate of drug-likeness (QED) is 0.334. The van der Waals surface area contributed by atoms with Crippen molar-refractivity contribution in [3.05, 3.63) is 0 Å². The van der Waals surface area contributed by atoms with Gasteiger partial charge < -0.3 is 20.7 Å². The topological polar surface area (TPSA) is 82.2 Å². The van der Waals surface area contributed by atoms with Crippen LogP contribution in [0, 0.1) is 11.3 Å². The van der Waals surface area contributed by atoms with Crippen LogP contribution in [0.15, 0.2) is 5.16 Å². The molecule has 2 aliphatic rings. The number of amidine groups is 1. The lowest BCUT2D eigenvalue weighted by Crippen LogP contribution is -2.55. The van der Waals surface area contributed by atoms with Gasteiger partial charge in [0, 0.05) is 19.1 Å². The molecule has 0 aromatic carbocycles. The summed E-state index contributed by atoms with van der Waals surface area (Å²) in [7, 11) is 4.08. The summed E-state index contributed by atoms with van der Waals surface area (Å²) in [5.41, 5.74) is 5.01. The number of nitrogens with two attached hydrogens (primary N) is 1. The summed E-state index contributed by atoms with van der Waals surface area (Å²) >= 11 is 0. The van der Waals surface area contributed by atoms with E-state index in [0.717, 1.165) is 19.5 Å². The number of amides is 1. The molecule has 108 valence electrons. The van der Waals surface area contributed by atoms with E-state index in [1.165, 1.54) is 0 Å². The van der Waals surface area contributed by atoms with Crippen molar-refractivity contribution in [1.29, 1.82) is 0 Å². The minimum atomic E-state index is -0.740. The zero-order chi connectivity index (χ0) is 14.2. The highest BCUT2D eigenvalue weighted by molar-refractivity contribution is 6.07. The predicted molar refractivity (Wildman–Crippen MR) is 72.9 cm³/mol. The van der Waals surface area contributed by atoms with Crippen molar-refractivity contribution in [2.75, 3.05) is 27.2 Å². The number of rotatable bonds is 3. The molecule has 1 aliphatic carbocycles. The zero-order valence-corrected chi connectivity index (χ0v) is 12.0. The van der Waals surface area contributed by atoms with Gasteiger partial charge in [-0.3, -0.25) is 4.79 Å². The van der Waals surface area contributed by atoms with Crippen molar-refractivity contribution in [3.8, 4) is 0 Å². The smallest absolute Gasteiger partial charge is 0.236 e. The molecular formula is C13H24N4O2. The van der Waals surface area contributed by atoms with E-state index in [0.29, 0.717) is 24.8 Å². The van der Waals surface area contributed by atoms with Crippen LogP contribution in [0.4, 0.5) is 0 Å². The van der Waals surface area contributed by atoms with Crippen molar-refractivity contribution in [2.24, 2.45) is 22.2 Å². The van der Waals surface area contributed by atoms with Crippen molar-refractivity contribution >= 4 is 11.7 Å². The Hall–Kier alpha value is -1.30. The van der Waals surface area contributed by atoms with Gasteiger partial charge in [0.05, 0.1) is 0 Å². The van der Waals surface area contributed by atoms with E-state index in [2.05, 4.69) is 17.0 Å². The van der Waals surface area contributed by atoms with Gasteiger partial charge in [-0.25, -0.2) is 0 Å². The first-order chi connectivity index (χ1) is 8.92. The number of hydrogen-bond donors (Lipinski definition) is 2. The summed E-state index contributed by atoms with van der Waals surface area (Å²) in [6.45, 7) is 3.64. The molecule has 2 rings (SSSR count). The number of nitrogens with zero attached hydrogens (tertiary/aromatic N) is 3. The molecule has 0 bridgehead atoms. The van der Waals surface area contributed by atoms with E-state index in [4.69, 9.17) is 10.9 Å². The Labute approximate surface area is 114 Å². The molecule has 1 amide bonds. The van der Waals surface area contributed by atoms with Crippen LogP contribution in [-0.4, -0.2) is 60.0 Å². The van der Waals surface area contributed by atoms with Crippen LogP contribution in [0.25, 0.3) is 0 Å². The maximum absolute atomic E-state index is 12.7. The van der Waals surface area contributed by atoms with E-state index in [-0.39, 0.29) is 11.7 Å². The SMILES string of the molecule is CC1CN(C(=O)C2(C(N)=NO)CCC2)CC1N(C)C. The Morgan fingerprint density at radius 2 is 2.05 bits per heavy atom. The monoisotopic (exact) mass is 268 g/mol. The first-order valence-electron chi connectivity index (χ1n) is 6.86. The third-order valence-corrected chi connectivity index (χ3v) is 4.74. The fourth-order valence-corrected chi connectivity index (χ4v) is 3.30. The van der Waals surface area contributed by atoms with Gasteiger partial charge in [0.25, 0.3) is 0 Å². The van der Waals surface area contributed by atoms with E-state index >= 15 is 0 Å². The number of carbonyl (C=O) groups excluding carboxylic acids is 1. The summed E-state index contributed by atoms with van der Waals surface area (Å²) in [6, 6.07) is 0.383. The van der Waals surface area contributed by atoms with Gasteiger partial charge in [0.2, 0.25) is 5.91 Å². The maximum Gasteiger partial charge on any atom is 0.236 e. The highest BCUT2D eigenvalue weighted by Crippen LogP contribution is 2.43. The third-order valence-electron chi connectivity index (χ3n) is 4.74. The molecule has 3 N–H and O–H groups in total. The largest absolute Gasteiger partial charge is 0.409 e. The Bertz CT molecular complexity index is 390. The van der Waals surface area contributed by atoms with Gasteiger partial charge in [0.15, 0.2) is 5.84 Å². The highest BCUT2D eigenvalue weighted by atomic mass is 16.4. The molecule has 0 aromatic heterocycles. The lowest BCUT2D eigenvalue weighted by molar-refractivity contribution is -0.141. The van der Waals surface area contributed by atoms with Crippen molar-refractivity contribution < 1.29 is 10.0 Å². The normalized spacial score (nSPS) is 30.5. The second-order valence-electron chi connectivity index (χ2n) is 6.14. The summed E-state index contributed by atoms with van der Waals surface area (Å²) in [5.74, 6) is 0.554. The summed E-state index contributed by atoms with van der Waals surface area (Å²) in [5, 5.41) is 12.0. The minimum absolute atomic E-state index is 0.0326. The number of hydrogen-bond acceptors (Lipinski definition) is 4. The van der Waals surface area contributed by atoms with Gasteiger partial charge in [-0.2, -0.15) is 0 Å². The van der Waals surface area contributed by atoms with Crippen molar-refractivity contribution in [2.45, 2.75) is 32.2 Å². The molecule has 19 heavy (non-hydrogen) atoms. The molecule has 1 saturated carbocycles.